The maximum absolute atomic E-state index is 13.2. The summed E-state index contributed by atoms with van der Waals surface area (Å²) in [6, 6.07) is 5.77. The number of rotatable bonds is 3. The van der Waals surface area contributed by atoms with Gasteiger partial charge in [0.2, 0.25) is 0 Å². The number of nitrogen functional groups attached to an aromatic ring is 1. The van der Waals surface area contributed by atoms with Crippen molar-refractivity contribution in [1.82, 2.24) is 10.4 Å². The Morgan fingerprint density at radius 2 is 2.00 bits per heavy atom. The molecule has 23 heavy (non-hydrogen) atoms. The van der Waals surface area contributed by atoms with Crippen molar-refractivity contribution in [2.75, 3.05) is 5.73 Å². The number of pyridine rings is 1. The highest BCUT2D eigenvalue weighted by molar-refractivity contribution is 6.46. The van der Waals surface area contributed by atoms with Gasteiger partial charge in [-0.2, -0.15) is 5.10 Å². The normalized spacial score (nSPS) is 11.4. The van der Waals surface area contributed by atoms with Gasteiger partial charge in [-0.3, -0.25) is 4.79 Å². The highest BCUT2D eigenvalue weighted by atomic mass is 35.5. The molecule has 0 aliphatic rings. The maximum Gasteiger partial charge on any atom is 0.291 e. The first-order valence-electron chi connectivity index (χ1n) is 6.21. The second-order valence-corrected chi connectivity index (χ2v) is 5.56. The molecule has 0 aliphatic carbocycles. The third kappa shape index (κ3) is 3.90. The molecule has 1 aromatic heterocycles. The Balaban J connectivity index is 2.25. The van der Waals surface area contributed by atoms with Gasteiger partial charge in [0, 0.05) is 5.56 Å². The third-order valence-electron chi connectivity index (χ3n) is 2.85. The van der Waals surface area contributed by atoms with E-state index in [1.54, 1.807) is 13.0 Å². The number of hydrogen-bond acceptors (Lipinski definition) is 4. The predicted octanol–water partition coefficient (Wildman–Crippen LogP) is 3.92. The number of carbonyl (C=O) groups excluding carboxylic acids is 1. The molecule has 2 aromatic rings. The first kappa shape index (κ1) is 17.5. The molecule has 3 N–H and O–H groups in total. The SMILES string of the molecule is C/C(=N\NC(=O)c1nc(Cl)c(Cl)c(N)c1Cl)c1cccc(F)c1. The summed E-state index contributed by atoms with van der Waals surface area (Å²) in [7, 11) is 0. The maximum atomic E-state index is 13.2. The fraction of sp³-hybridized carbons (Fsp3) is 0.0714. The van der Waals surface area contributed by atoms with Crippen molar-refractivity contribution in [3.05, 3.63) is 56.5 Å². The standard InChI is InChI=1S/C14H10Cl3FN4O/c1-6(7-3-2-4-8(18)5-7)21-22-14(23)12-9(15)11(19)10(16)13(17)20-12/h2-5H,1H3,(H2,19,20)(H,22,23)/b21-6+. The number of carbonyl (C=O) groups is 1. The molecule has 0 bridgehead atoms. The Kier molecular flexibility index (Phi) is 5.41. The molecule has 0 saturated carbocycles. The number of nitrogens with one attached hydrogen (secondary N) is 1. The molecule has 0 spiro atoms. The van der Waals surface area contributed by atoms with E-state index in [0.29, 0.717) is 11.3 Å². The van der Waals surface area contributed by atoms with Crippen LogP contribution in [-0.2, 0) is 0 Å². The van der Waals surface area contributed by atoms with Gasteiger partial charge in [-0.1, -0.05) is 46.9 Å². The van der Waals surface area contributed by atoms with E-state index in [2.05, 4.69) is 15.5 Å². The van der Waals surface area contributed by atoms with Gasteiger partial charge in [0.15, 0.2) is 10.8 Å². The molecule has 1 aromatic carbocycles. The number of amides is 1. The van der Waals surface area contributed by atoms with Crippen molar-refractivity contribution in [2.24, 2.45) is 5.10 Å². The number of nitrogens with two attached hydrogens (primary N) is 1. The van der Waals surface area contributed by atoms with Crippen LogP contribution in [0.5, 0.6) is 0 Å². The van der Waals surface area contributed by atoms with Crippen LogP contribution in [0.25, 0.3) is 0 Å². The average molecular weight is 376 g/mol. The summed E-state index contributed by atoms with van der Waals surface area (Å²) < 4.78 is 13.2. The molecule has 120 valence electrons. The average Bonchev–Trinajstić information content (AvgIpc) is 2.53. The van der Waals surface area contributed by atoms with Crippen LogP contribution in [0.4, 0.5) is 10.1 Å². The van der Waals surface area contributed by atoms with Crippen molar-refractivity contribution in [1.29, 1.82) is 0 Å². The Morgan fingerprint density at radius 1 is 1.30 bits per heavy atom. The van der Waals surface area contributed by atoms with Crippen molar-refractivity contribution >= 4 is 52.1 Å². The Labute approximate surface area is 146 Å². The molecule has 0 unspecified atom stereocenters. The van der Waals surface area contributed by atoms with Crippen LogP contribution in [0.15, 0.2) is 29.4 Å². The number of halogens is 4. The lowest BCUT2D eigenvalue weighted by atomic mass is 10.1. The molecular weight excluding hydrogens is 366 g/mol. The third-order valence-corrected chi connectivity index (χ3v) is 3.99. The zero-order valence-corrected chi connectivity index (χ0v) is 14.0. The van der Waals surface area contributed by atoms with Crippen LogP contribution in [-0.4, -0.2) is 16.6 Å². The lowest BCUT2D eigenvalue weighted by Gasteiger charge is -2.08. The zero-order chi connectivity index (χ0) is 17.1. The van der Waals surface area contributed by atoms with Gasteiger partial charge in [0.1, 0.15) is 10.8 Å². The van der Waals surface area contributed by atoms with E-state index in [9.17, 15) is 9.18 Å². The molecular formula is C14H10Cl3FN4O. The smallest absolute Gasteiger partial charge is 0.291 e. The Morgan fingerprint density at radius 3 is 2.65 bits per heavy atom. The number of benzene rings is 1. The van der Waals surface area contributed by atoms with E-state index >= 15 is 0 Å². The summed E-state index contributed by atoms with van der Waals surface area (Å²) in [6.07, 6.45) is 0. The van der Waals surface area contributed by atoms with E-state index in [0.717, 1.165) is 0 Å². The quantitative estimate of drug-likeness (QED) is 0.485. The summed E-state index contributed by atoms with van der Waals surface area (Å²) >= 11 is 17.5. The van der Waals surface area contributed by atoms with E-state index < -0.39 is 11.7 Å². The fourth-order valence-electron chi connectivity index (χ4n) is 1.65. The zero-order valence-electron chi connectivity index (χ0n) is 11.7. The van der Waals surface area contributed by atoms with Crippen molar-refractivity contribution in [3.8, 4) is 0 Å². The van der Waals surface area contributed by atoms with Crippen LogP contribution in [0, 0.1) is 5.82 Å². The molecule has 9 heteroatoms. The van der Waals surface area contributed by atoms with Crippen molar-refractivity contribution in [2.45, 2.75) is 6.92 Å². The molecule has 5 nitrogen and oxygen atoms in total. The number of aromatic nitrogens is 1. The van der Waals surface area contributed by atoms with Crippen LogP contribution in [0.3, 0.4) is 0 Å². The summed E-state index contributed by atoms with van der Waals surface area (Å²) in [5.41, 5.74) is 8.53. The van der Waals surface area contributed by atoms with Crippen LogP contribution >= 0.6 is 34.8 Å². The lowest BCUT2D eigenvalue weighted by molar-refractivity contribution is 0.0950. The van der Waals surface area contributed by atoms with E-state index in [-0.39, 0.29) is 26.6 Å². The van der Waals surface area contributed by atoms with Gasteiger partial charge in [-0.15, -0.1) is 0 Å². The summed E-state index contributed by atoms with van der Waals surface area (Å²) in [5.74, 6) is -1.14. The summed E-state index contributed by atoms with van der Waals surface area (Å²) in [5, 5.41) is 3.56. The minimum absolute atomic E-state index is 0.0346. The van der Waals surface area contributed by atoms with Crippen LogP contribution < -0.4 is 11.2 Å². The molecule has 0 fully saturated rings. The highest BCUT2D eigenvalue weighted by Gasteiger charge is 2.19. The number of hydrazone groups is 1. The second kappa shape index (κ2) is 7.12. The van der Waals surface area contributed by atoms with E-state index in [4.69, 9.17) is 40.5 Å². The summed E-state index contributed by atoms with van der Waals surface area (Å²) in [6.45, 7) is 1.60. The minimum atomic E-state index is -0.726. The highest BCUT2D eigenvalue weighted by Crippen LogP contribution is 2.34. The molecule has 0 atom stereocenters. The number of anilines is 1. The van der Waals surface area contributed by atoms with Crippen molar-refractivity contribution < 1.29 is 9.18 Å². The molecule has 2 rings (SSSR count). The largest absolute Gasteiger partial charge is 0.396 e. The monoisotopic (exact) mass is 374 g/mol. The summed E-state index contributed by atoms with van der Waals surface area (Å²) in [4.78, 5) is 15.9. The second-order valence-electron chi connectivity index (χ2n) is 4.44. The van der Waals surface area contributed by atoms with Crippen LogP contribution in [0.2, 0.25) is 15.2 Å². The van der Waals surface area contributed by atoms with Crippen LogP contribution in [0.1, 0.15) is 23.0 Å². The van der Waals surface area contributed by atoms with Gasteiger partial charge in [0.25, 0.3) is 5.91 Å². The minimum Gasteiger partial charge on any atom is -0.396 e. The molecule has 0 aliphatic heterocycles. The molecule has 1 heterocycles. The van der Waals surface area contributed by atoms with Crippen molar-refractivity contribution in [3.63, 3.8) is 0 Å². The molecule has 1 amide bonds. The fourth-order valence-corrected chi connectivity index (χ4v) is 2.24. The predicted molar refractivity (Wildman–Crippen MR) is 89.8 cm³/mol. The Bertz CT molecular complexity index is 811. The van der Waals surface area contributed by atoms with Gasteiger partial charge in [-0.25, -0.2) is 14.8 Å². The van der Waals surface area contributed by atoms with E-state index in [1.165, 1.54) is 18.2 Å². The van der Waals surface area contributed by atoms with E-state index in [1.807, 2.05) is 0 Å². The Hall–Kier alpha value is -1.89. The first-order valence-corrected chi connectivity index (χ1v) is 7.35. The van der Waals surface area contributed by atoms with Gasteiger partial charge in [0.05, 0.1) is 16.4 Å². The number of nitrogens with zero attached hydrogens (tertiary/aromatic N) is 2. The number of hydrogen-bond donors (Lipinski definition) is 2. The van der Waals surface area contributed by atoms with Gasteiger partial charge < -0.3 is 5.73 Å². The van der Waals surface area contributed by atoms with Gasteiger partial charge >= 0.3 is 0 Å². The van der Waals surface area contributed by atoms with Gasteiger partial charge in [-0.05, 0) is 19.1 Å². The molecule has 0 saturated heterocycles. The molecule has 0 radical (unpaired) electrons. The lowest BCUT2D eigenvalue weighted by Crippen LogP contribution is -2.21. The topological polar surface area (TPSA) is 80.4 Å². The first-order chi connectivity index (χ1) is 10.8.